The van der Waals surface area contributed by atoms with Crippen molar-refractivity contribution in [1.82, 2.24) is 24.8 Å². The molecule has 3 aromatic rings. The summed E-state index contributed by atoms with van der Waals surface area (Å²) in [5.41, 5.74) is -0.376. The van der Waals surface area contributed by atoms with Gasteiger partial charge in [-0.25, -0.2) is 19.2 Å². The number of aromatic nitrogens is 4. The Hall–Kier alpha value is -2.87. The van der Waals surface area contributed by atoms with Crippen molar-refractivity contribution in [3.8, 4) is 11.4 Å². The molecule has 2 aromatic heterocycles. The second kappa shape index (κ2) is 8.24. The lowest BCUT2D eigenvalue weighted by Crippen LogP contribution is -2.51. The number of nitrogens with zero attached hydrogens (tertiary/aromatic N) is 3. The van der Waals surface area contributed by atoms with Gasteiger partial charge in [0.15, 0.2) is 22.9 Å². The number of carbonyl (C=O) groups excluding carboxylic acids is 1. The molecule has 32 heavy (non-hydrogen) atoms. The molecule has 8 heteroatoms. The number of nitrogens with one attached hydrogen (secondary N) is 2. The second-order valence-corrected chi connectivity index (χ2v) is 9.52. The highest BCUT2D eigenvalue weighted by molar-refractivity contribution is 5.92. The molecule has 0 bridgehead atoms. The minimum atomic E-state index is -1.98. The number of benzene rings is 1. The Balaban J connectivity index is 1.83. The number of rotatable bonds is 6. The van der Waals surface area contributed by atoms with Crippen LogP contribution in [0.3, 0.4) is 0 Å². The molecule has 0 saturated carbocycles. The molecule has 0 atom stereocenters. The first-order valence-corrected chi connectivity index (χ1v) is 11.1. The van der Waals surface area contributed by atoms with E-state index in [1.807, 2.05) is 24.3 Å². The molecule has 0 spiro atoms. The van der Waals surface area contributed by atoms with Gasteiger partial charge in [0.2, 0.25) is 0 Å². The Morgan fingerprint density at radius 3 is 2.59 bits per heavy atom. The van der Waals surface area contributed by atoms with Crippen LogP contribution in [0.4, 0.5) is 4.39 Å². The summed E-state index contributed by atoms with van der Waals surface area (Å²) in [7, 11) is 0. The fourth-order valence-corrected chi connectivity index (χ4v) is 4.72. The quantitative estimate of drug-likeness (QED) is 0.612. The first-order chi connectivity index (χ1) is 15.1. The molecule has 3 heterocycles. The van der Waals surface area contributed by atoms with Gasteiger partial charge < -0.3 is 10.3 Å². The van der Waals surface area contributed by atoms with Gasteiger partial charge in [0, 0.05) is 12.1 Å². The van der Waals surface area contributed by atoms with Gasteiger partial charge in [-0.2, -0.15) is 0 Å². The highest BCUT2D eigenvalue weighted by Gasteiger charge is 2.47. The van der Waals surface area contributed by atoms with E-state index in [1.54, 1.807) is 6.20 Å². The first kappa shape index (κ1) is 22.3. The van der Waals surface area contributed by atoms with Crippen molar-refractivity contribution in [3.63, 3.8) is 0 Å². The second-order valence-electron chi connectivity index (χ2n) is 9.52. The lowest BCUT2D eigenvalue weighted by Gasteiger charge is -2.39. The van der Waals surface area contributed by atoms with Crippen LogP contribution in [0.5, 0.6) is 0 Å². The Morgan fingerprint density at radius 2 is 1.94 bits per heavy atom. The molecular weight excluding hydrogens is 409 g/mol. The van der Waals surface area contributed by atoms with E-state index in [0.717, 1.165) is 11.1 Å². The molecule has 0 radical (unpaired) electrons. The van der Waals surface area contributed by atoms with E-state index in [-0.39, 0.29) is 18.2 Å². The van der Waals surface area contributed by atoms with Gasteiger partial charge in [0.25, 0.3) is 0 Å². The third-order valence-corrected chi connectivity index (χ3v) is 6.38. The number of Topliss-reactive ketones (excluding diaryl/α,β-unsaturated/α-hetero) is 1. The predicted octanol–water partition coefficient (Wildman–Crippen LogP) is 3.60. The van der Waals surface area contributed by atoms with Crippen molar-refractivity contribution in [2.75, 3.05) is 13.1 Å². The maximum absolute atomic E-state index is 14.8. The van der Waals surface area contributed by atoms with Gasteiger partial charge in [-0.05, 0) is 51.3 Å². The van der Waals surface area contributed by atoms with Gasteiger partial charge >= 0.3 is 5.69 Å². The summed E-state index contributed by atoms with van der Waals surface area (Å²) in [4.78, 5) is 38.0. The van der Waals surface area contributed by atoms with Crippen LogP contribution in [0.2, 0.25) is 0 Å². The number of H-pyrrole nitrogens is 1. The van der Waals surface area contributed by atoms with Gasteiger partial charge in [-0.3, -0.25) is 9.36 Å². The molecule has 1 fully saturated rings. The van der Waals surface area contributed by atoms with Crippen LogP contribution in [0.25, 0.3) is 22.6 Å². The summed E-state index contributed by atoms with van der Waals surface area (Å²) in [5, 5.41) is 3.23. The number of hydrogen-bond donors (Lipinski definition) is 2. The van der Waals surface area contributed by atoms with E-state index in [1.165, 1.54) is 18.4 Å². The third-order valence-electron chi connectivity index (χ3n) is 6.38. The van der Waals surface area contributed by atoms with Crippen LogP contribution < -0.4 is 11.0 Å². The van der Waals surface area contributed by atoms with Crippen molar-refractivity contribution in [2.24, 2.45) is 5.41 Å². The molecule has 7 nitrogen and oxygen atoms in total. The summed E-state index contributed by atoms with van der Waals surface area (Å²) in [6, 6.07) is 7.93. The highest BCUT2D eigenvalue weighted by Crippen LogP contribution is 2.37. The number of hydrogen-bond acceptors (Lipinski definition) is 5. The van der Waals surface area contributed by atoms with Crippen LogP contribution in [-0.2, 0) is 11.3 Å². The Labute approximate surface area is 186 Å². The standard InChI is InChI=1S/C24H30FN5O2/c1-15(2)16-7-5-6-8-17(16)19-27-13-18-20(29-19)30(22(32)28-18)14-24(9-11-26-12-10-24)21(31)23(3,4)25/h5-8,13,15,26H,9-12,14H2,1-4H3,(H,28,32). The van der Waals surface area contributed by atoms with E-state index < -0.39 is 16.9 Å². The number of fused-ring (bicyclic) bond motifs is 1. The van der Waals surface area contributed by atoms with Crippen LogP contribution in [0, 0.1) is 5.41 Å². The third kappa shape index (κ3) is 3.99. The molecule has 4 rings (SSSR count). The monoisotopic (exact) mass is 439 g/mol. The minimum Gasteiger partial charge on any atom is -0.317 e. The molecule has 1 aliphatic heterocycles. The fraction of sp³-hybridized carbons (Fsp3) is 0.500. The number of alkyl halides is 1. The van der Waals surface area contributed by atoms with Crippen molar-refractivity contribution in [2.45, 2.75) is 58.7 Å². The number of ketones is 1. The van der Waals surface area contributed by atoms with Crippen molar-refractivity contribution in [1.29, 1.82) is 0 Å². The summed E-state index contributed by atoms with van der Waals surface area (Å²) >= 11 is 0. The van der Waals surface area contributed by atoms with Crippen LogP contribution in [0.1, 0.15) is 52.0 Å². The maximum atomic E-state index is 14.8. The Kier molecular flexibility index (Phi) is 5.75. The van der Waals surface area contributed by atoms with Gasteiger partial charge in [-0.1, -0.05) is 38.1 Å². The molecular formula is C24H30FN5O2. The van der Waals surface area contributed by atoms with Crippen molar-refractivity contribution < 1.29 is 9.18 Å². The first-order valence-electron chi connectivity index (χ1n) is 11.1. The summed E-state index contributed by atoms with van der Waals surface area (Å²) in [5.74, 6) is 0.333. The van der Waals surface area contributed by atoms with E-state index in [4.69, 9.17) is 4.98 Å². The predicted molar refractivity (Wildman–Crippen MR) is 122 cm³/mol. The molecule has 170 valence electrons. The number of piperidine rings is 1. The van der Waals surface area contributed by atoms with Crippen molar-refractivity contribution in [3.05, 3.63) is 46.5 Å². The van der Waals surface area contributed by atoms with E-state index in [2.05, 4.69) is 29.1 Å². The molecule has 1 aromatic carbocycles. The summed E-state index contributed by atoms with van der Waals surface area (Å²) in [6.45, 7) is 8.08. The number of halogens is 1. The maximum Gasteiger partial charge on any atom is 0.327 e. The highest BCUT2D eigenvalue weighted by atomic mass is 19.1. The zero-order valence-electron chi connectivity index (χ0n) is 19.0. The SMILES string of the molecule is CC(C)c1ccccc1-c1ncc2[nH]c(=O)n(CC3(C(=O)C(C)(C)F)CCNCC3)c2n1. The number of aromatic amines is 1. The molecule has 1 saturated heterocycles. The Morgan fingerprint density at radius 1 is 1.25 bits per heavy atom. The molecule has 2 N–H and O–H groups in total. The molecule has 0 amide bonds. The smallest absolute Gasteiger partial charge is 0.317 e. The minimum absolute atomic E-state index is 0.0853. The van der Waals surface area contributed by atoms with E-state index in [9.17, 15) is 14.0 Å². The average molecular weight is 440 g/mol. The summed E-state index contributed by atoms with van der Waals surface area (Å²) < 4.78 is 16.2. The normalized spacial score (nSPS) is 16.6. The molecule has 0 unspecified atom stereocenters. The molecule has 0 aliphatic carbocycles. The van der Waals surface area contributed by atoms with Crippen LogP contribution >= 0.6 is 0 Å². The van der Waals surface area contributed by atoms with E-state index in [0.29, 0.717) is 42.9 Å². The Bertz CT molecular complexity index is 1200. The van der Waals surface area contributed by atoms with Gasteiger partial charge in [0.1, 0.15) is 5.52 Å². The zero-order valence-corrected chi connectivity index (χ0v) is 19.0. The fourth-order valence-electron chi connectivity index (χ4n) is 4.72. The largest absolute Gasteiger partial charge is 0.327 e. The zero-order chi connectivity index (χ0) is 23.1. The summed E-state index contributed by atoms with van der Waals surface area (Å²) in [6.07, 6.45) is 2.53. The van der Waals surface area contributed by atoms with Gasteiger partial charge in [-0.15, -0.1) is 0 Å². The molecule has 1 aliphatic rings. The van der Waals surface area contributed by atoms with Gasteiger partial charge in [0.05, 0.1) is 11.6 Å². The van der Waals surface area contributed by atoms with Crippen LogP contribution in [-0.4, -0.2) is 44.1 Å². The number of carbonyl (C=O) groups is 1. The number of imidazole rings is 1. The van der Waals surface area contributed by atoms with E-state index >= 15 is 0 Å². The topological polar surface area (TPSA) is 92.7 Å². The average Bonchev–Trinajstić information content (AvgIpc) is 3.07. The van der Waals surface area contributed by atoms with Crippen LogP contribution in [0.15, 0.2) is 35.3 Å². The lowest BCUT2D eigenvalue weighted by atomic mass is 9.71. The van der Waals surface area contributed by atoms with Crippen molar-refractivity contribution >= 4 is 16.9 Å². The lowest BCUT2D eigenvalue weighted by molar-refractivity contribution is -0.141.